The van der Waals surface area contributed by atoms with E-state index in [0.29, 0.717) is 12.5 Å². The van der Waals surface area contributed by atoms with Crippen LogP contribution in [0, 0.1) is 5.92 Å². The highest BCUT2D eigenvalue weighted by Crippen LogP contribution is 2.15. The quantitative estimate of drug-likeness (QED) is 0.865. The Hall–Kier alpha value is -2.11. The predicted molar refractivity (Wildman–Crippen MR) is 101 cm³/mol. The molecule has 1 heterocycles. The molecule has 1 unspecified atom stereocenters. The zero-order valence-corrected chi connectivity index (χ0v) is 14.8. The van der Waals surface area contributed by atoms with Crippen molar-refractivity contribution in [1.29, 1.82) is 0 Å². The maximum absolute atomic E-state index is 12.0. The number of morpholine rings is 1. The van der Waals surface area contributed by atoms with E-state index in [0.717, 1.165) is 50.5 Å². The highest BCUT2D eigenvalue weighted by molar-refractivity contribution is 5.89. The molecule has 3 rings (SSSR count). The van der Waals surface area contributed by atoms with Crippen molar-refractivity contribution in [3.8, 4) is 0 Å². The fraction of sp³-hybridized carbons (Fsp3) is 0.450. The summed E-state index contributed by atoms with van der Waals surface area (Å²) in [7, 11) is 0. The van der Waals surface area contributed by atoms with Crippen molar-refractivity contribution in [2.45, 2.75) is 19.9 Å². The normalized spacial score (nSPS) is 20.8. The molecule has 0 radical (unpaired) electrons. The fourth-order valence-corrected chi connectivity index (χ4v) is 2.97. The van der Waals surface area contributed by atoms with Gasteiger partial charge >= 0.3 is 6.03 Å². The number of ether oxygens (including phenoxy) is 1. The molecule has 1 aliphatic heterocycles. The minimum absolute atomic E-state index is 0.172. The van der Waals surface area contributed by atoms with Crippen molar-refractivity contribution in [3.05, 3.63) is 53.6 Å². The molecule has 2 aliphatic rings. The molecule has 1 saturated heterocycles. The van der Waals surface area contributed by atoms with Crippen LogP contribution < -0.4 is 10.6 Å². The molecular formula is C20H27N3O2. The second-order valence-corrected chi connectivity index (χ2v) is 6.74. The lowest BCUT2D eigenvalue weighted by Gasteiger charge is -2.26. The van der Waals surface area contributed by atoms with Crippen molar-refractivity contribution in [2.75, 3.05) is 38.2 Å². The average Bonchev–Trinajstić information content (AvgIpc) is 2.64. The first-order valence-electron chi connectivity index (χ1n) is 9.00. The van der Waals surface area contributed by atoms with Crippen molar-refractivity contribution in [1.82, 2.24) is 10.2 Å². The van der Waals surface area contributed by atoms with Crippen molar-refractivity contribution in [2.24, 2.45) is 5.92 Å². The van der Waals surface area contributed by atoms with Crippen LogP contribution in [-0.4, -0.2) is 43.8 Å². The van der Waals surface area contributed by atoms with E-state index in [-0.39, 0.29) is 6.03 Å². The number of carbonyl (C=O) groups excluding carboxylic acids is 1. The van der Waals surface area contributed by atoms with E-state index in [2.05, 4.69) is 52.8 Å². The molecule has 2 N–H and O–H groups in total. The van der Waals surface area contributed by atoms with Gasteiger partial charge < -0.3 is 15.4 Å². The molecule has 1 atom stereocenters. The standard InChI is InChI=1S/C20H27N3O2/c1-16-2-4-17(5-3-16)14-21-20(24)22-19-8-6-18(7-9-19)15-23-10-12-25-13-11-23/h2,4-9,16H,3,10-15H2,1H3,(H2,21,22,24). The highest BCUT2D eigenvalue weighted by Gasteiger charge is 2.11. The molecule has 2 amide bonds. The van der Waals surface area contributed by atoms with E-state index < -0.39 is 0 Å². The van der Waals surface area contributed by atoms with Crippen LogP contribution in [0.15, 0.2) is 48.1 Å². The molecular weight excluding hydrogens is 314 g/mol. The molecule has 1 aliphatic carbocycles. The number of benzene rings is 1. The van der Waals surface area contributed by atoms with Crippen LogP contribution in [0.4, 0.5) is 10.5 Å². The molecule has 0 spiro atoms. The SMILES string of the molecule is CC1C=CC(CNC(=O)Nc2ccc(CN3CCOCC3)cc2)=CC1. The topological polar surface area (TPSA) is 53.6 Å². The molecule has 1 aromatic rings. The van der Waals surface area contributed by atoms with Gasteiger partial charge in [-0.25, -0.2) is 4.79 Å². The average molecular weight is 341 g/mol. The number of hydrogen-bond donors (Lipinski definition) is 2. The number of nitrogens with one attached hydrogen (secondary N) is 2. The highest BCUT2D eigenvalue weighted by atomic mass is 16.5. The second kappa shape index (κ2) is 8.83. The zero-order chi connectivity index (χ0) is 17.5. The Morgan fingerprint density at radius 2 is 2.00 bits per heavy atom. The van der Waals surface area contributed by atoms with E-state index >= 15 is 0 Å². The maximum Gasteiger partial charge on any atom is 0.319 e. The maximum atomic E-state index is 12.0. The van der Waals surface area contributed by atoms with E-state index in [1.165, 1.54) is 5.56 Å². The van der Waals surface area contributed by atoms with Gasteiger partial charge in [0.05, 0.1) is 13.2 Å². The monoisotopic (exact) mass is 341 g/mol. The van der Waals surface area contributed by atoms with Gasteiger partial charge in [-0.05, 0) is 35.6 Å². The lowest BCUT2D eigenvalue weighted by Crippen LogP contribution is -2.35. The number of nitrogens with zero attached hydrogens (tertiary/aromatic N) is 1. The number of rotatable bonds is 5. The molecule has 1 fully saturated rings. The minimum Gasteiger partial charge on any atom is -0.379 e. The second-order valence-electron chi connectivity index (χ2n) is 6.74. The van der Waals surface area contributed by atoms with Crippen LogP contribution in [0.2, 0.25) is 0 Å². The number of urea groups is 1. The summed E-state index contributed by atoms with van der Waals surface area (Å²) in [6.45, 7) is 7.25. The van der Waals surface area contributed by atoms with Gasteiger partial charge in [-0.1, -0.05) is 37.3 Å². The zero-order valence-electron chi connectivity index (χ0n) is 14.8. The van der Waals surface area contributed by atoms with E-state index in [1.54, 1.807) is 0 Å². The Morgan fingerprint density at radius 3 is 2.68 bits per heavy atom. The van der Waals surface area contributed by atoms with Crippen LogP contribution in [0.25, 0.3) is 0 Å². The Kier molecular flexibility index (Phi) is 6.25. The van der Waals surface area contributed by atoms with E-state index in [4.69, 9.17) is 4.74 Å². The Morgan fingerprint density at radius 1 is 1.24 bits per heavy atom. The van der Waals surface area contributed by atoms with Gasteiger partial charge in [-0.3, -0.25) is 4.90 Å². The third kappa shape index (κ3) is 5.73. The number of allylic oxidation sites excluding steroid dienone is 2. The van der Waals surface area contributed by atoms with Gasteiger partial charge in [0, 0.05) is 31.9 Å². The van der Waals surface area contributed by atoms with Crippen molar-refractivity contribution >= 4 is 11.7 Å². The summed E-state index contributed by atoms with van der Waals surface area (Å²) in [5, 5.41) is 5.79. The largest absolute Gasteiger partial charge is 0.379 e. The molecule has 5 heteroatoms. The smallest absolute Gasteiger partial charge is 0.319 e. The summed E-state index contributed by atoms with van der Waals surface area (Å²) < 4.78 is 5.37. The van der Waals surface area contributed by atoms with Crippen LogP contribution in [0.5, 0.6) is 0 Å². The molecule has 25 heavy (non-hydrogen) atoms. The molecule has 0 aromatic heterocycles. The Bertz CT molecular complexity index is 631. The van der Waals surface area contributed by atoms with Gasteiger partial charge in [0.2, 0.25) is 0 Å². The van der Waals surface area contributed by atoms with Gasteiger partial charge in [0.1, 0.15) is 0 Å². The summed E-state index contributed by atoms with van der Waals surface area (Å²) in [6.07, 6.45) is 7.50. The minimum atomic E-state index is -0.172. The number of hydrogen-bond acceptors (Lipinski definition) is 3. The Balaban J connectivity index is 1.43. The Labute approximate surface area is 149 Å². The molecule has 5 nitrogen and oxygen atoms in total. The number of carbonyl (C=O) groups is 1. The third-order valence-electron chi connectivity index (χ3n) is 4.57. The lowest BCUT2D eigenvalue weighted by atomic mass is 9.99. The first-order chi connectivity index (χ1) is 12.2. The summed E-state index contributed by atoms with van der Waals surface area (Å²) >= 11 is 0. The van der Waals surface area contributed by atoms with Crippen LogP contribution in [0.3, 0.4) is 0 Å². The van der Waals surface area contributed by atoms with Crippen LogP contribution >= 0.6 is 0 Å². The predicted octanol–water partition coefficient (Wildman–Crippen LogP) is 3.16. The molecule has 0 saturated carbocycles. The summed E-state index contributed by atoms with van der Waals surface area (Å²) in [4.78, 5) is 14.4. The molecule has 0 bridgehead atoms. The van der Waals surface area contributed by atoms with E-state index in [9.17, 15) is 4.79 Å². The number of anilines is 1. The van der Waals surface area contributed by atoms with Crippen LogP contribution in [-0.2, 0) is 11.3 Å². The van der Waals surface area contributed by atoms with Crippen molar-refractivity contribution < 1.29 is 9.53 Å². The van der Waals surface area contributed by atoms with Gasteiger partial charge in [-0.2, -0.15) is 0 Å². The van der Waals surface area contributed by atoms with Gasteiger partial charge in [-0.15, -0.1) is 0 Å². The van der Waals surface area contributed by atoms with Gasteiger partial charge in [0.25, 0.3) is 0 Å². The molecule has 1 aromatic carbocycles. The summed E-state index contributed by atoms with van der Waals surface area (Å²) in [5.41, 5.74) is 3.22. The third-order valence-corrected chi connectivity index (χ3v) is 4.57. The fourth-order valence-electron chi connectivity index (χ4n) is 2.97. The molecule has 134 valence electrons. The number of amides is 2. The van der Waals surface area contributed by atoms with Gasteiger partial charge in [0.15, 0.2) is 0 Å². The first kappa shape index (κ1) is 17.7. The van der Waals surface area contributed by atoms with E-state index in [1.807, 2.05) is 12.1 Å². The lowest BCUT2D eigenvalue weighted by molar-refractivity contribution is 0.0342. The first-order valence-corrected chi connectivity index (χ1v) is 9.00. The van der Waals surface area contributed by atoms with Crippen molar-refractivity contribution in [3.63, 3.8) is 0 Å². The summed E-state index contributed by atoms with van der Waals surface area (Å²) in [5.74, 6) is 0.591. The van der Waals surface area contributed by atoms with Crippen LogP contribution in [0.1, 0.15) is 18.9 Å². The summed E-state index contributed by atoms with van der Waals surface area (Å²) in [6, 6.07) is 7.87.